The quantitative estimate of drug-likeness (QED) is 0.446. The van der Waals surface area contributed by atoms with Gasteiger partial charge in [0.15, 0.2) is 17.5 Å². The highest BCUT2D eigenvalue weighted by Gasteiger charge is 2.46. The van der Waals surface area contributed by atoms with Gasteiger partial charge < -0.3 is 20.1 Å². The lowest BCUT2D eigenvalue weighted by Gasteiger charge is -2.41. The predicted molar refractivity (Wildman–Crippen MR) is 115 cm³/mol. The van der Waals surface area contributed by atoms with Gasteiger partial charge in [-0.3, -0.25) is 0 Å². The van der Waals surface area contributed by atoms with Gasteiger partial charge in [0.05, 0.1) is 12.8 Å². The molecule has 0 radical (unpaired) electrons. The van der Waals surface area contributed by atoms with E-state index in [1.54, 1.807) is 0 Å². The zero-order valence-corrected chi connectivity index (χ0v) is 18.1. The van der Waals surface area contributed by atoms with Gasteiger partial charge >= 0.3 is 0 Å². The van der Waals surface area contributed by atoms with Crippen molar-refractivity contribution in [2.75, 3.05) is 12.4 Å². The Morgan fingerprint density at radius 1 is 1.03 bits per heavy atom. The molecule has 3 N–H and O–H groups in total. The third-order valence-electron chi connectivity index (χ3n) is 5.46. The Kier molecular flexibility index (Phi) is 7.35. The first-order chi connectivity index (χ1) is 15.9. The van der Waals surface area contributed by atoms with Crippen molar-refractivity contribution in [2.45, 2.75) is 36.2 Å². The summed E-state index contributed by atoms with van der Waals surface area (Å²) in [5.41, 5.74) is 0.312. The second-order valence-corrected chi connectivity index (χ2v) is 8.85. The van der Waals surface area contributed by atoms with E-state index in [9.17, 15) is 28.5 Å². The molecule has 33 heavy (non-hydrogen) atoms. The molecule has 0 saturated carbocycles. The number of benzene rings is 2. The van der Waals surface area contributed by atoms with Crippen LogP contribution in [0.3, 0.4) is 0 Å². The van der Waals surface area contributed by atoms with E-state index >= 15 is 0 Å². The standard InChI is InChI=1S/C22H22F3N3O4S/c23-14-8-13(9-15(24)18(14)25)16-10-28(27-26-16)19-20(30)17(11-29)32-22(21(19)31)33-7-6-12-4-2-1-3-5-12/h1-5,8-10,17,19-22,29-31H,6-7,11H2. The van der Waals surface area contributed by atoms with Crippen molar-refractivity contribution in [3.63, 3.8) is 0 Å². The number of hydrogen-bond acceptors (Lipinski definition) is 7. The van der Waals surface area contributed by atoms with Crippen molar-refractivity contribution in [3.05, 3.63) is 71.7 Å². The summed E-state index contributed by atoms with van der Waals surface area (Å²) in [6.45, 7) is -0.490. The van der Waals surface area contributed by atoms with E-state index in [0.717, 1.165) is 24.1 Å². The summed E-state index contributed by atoms with van der Waals surface area (Å²) in [4.78, 5) is 0. The van der Waals surface area contributed by atoms with Crippen LogP contribution >= 0.6 is 11.8 Å². The number of rotatable bonds is 7. The predicted octanol–water partition coefficient (Wildman–Crippen LogP) is 2.32. The lowest BCUT2D eigenvalue weighted by Crippen LogP contribution is -2.55. The number of aromatic nitrogens is 3. The Morgan fingerprint density at radius 3 is 2.39 bits per heavy atom. The van der Waals surface area contributed by atoms with Gasteiger partial charge in [-0.2, -0.15) is 0 Å². The first-order valence-corrected chi connectivity index (χ1v) is 11.3. The van der Waals surface area contributed by atoms with E-state index in [-0.39, 0.29) is 11.3 Å². The maximum Gasteiger partial charge on any atom is 0.194 e. The smallest absolute Gasteiger partial charge is 0.194 e. The van der Waals surface area contributed by atoms with Crippen LogP contribution in [0.15, 0.2) is 48.7 Å². The summed E-state index contributed by atoms with van der Waals surface area (Å²) in [7, 11) is 0. The van der Waals surface area contributed by atoms with Crippen LogP contribution in [0.25, 0.3) is 11.3 Å². The van der Waals surface area contributed by atoms with Gasteiger partial charge in [0.25, 0.3) is 0 Å². The fraction of sp³-hybridized carbons (Fsp3) is 0.364. The van der Waals surface area contributed by atoms with E-state index < -0.39 is 53.8 Å². The summed E-state index contributed by atoms with van der Waals surface area (Å²) < 4.78 is 47.3. The van der Waals surface area contributed by atoms with Crippen LogP contribution in [0.2, 0.25) is 0 Å². The minimum Gasteiger partial charge on any atom is -0.394 e. The van der Waals surface area contributed by atoms with Gasteiger partial charge in [-0.15, -0.1) is 16.9 Å². The number of nitrogens with zero attached hydrogens (tertiary/aromatic N) is 3. The second kappa shape index (κ2) is 10.2. The van der Waals surface area contributed by atoms with Gasteiger partial charge in [-0.05, 0) is 29.9 Å². The van der Waals surface area contributed by atoms with Crippen molar-refractivity contribution in [2.24, 2.45) is 0 Å². The number of ether oxygens (including phenoxy) is 1. The number of aliphatic hydroxyl groups excluding tert-OH is 3. The third-order valence-corrected chi connectivity index (χ3v) is 6.62. The van der Waals surface area contributed by atoms with E-state index in [0.29, 0.717) is 5.75 Å². The number of aryl methyl sites for hydroxylation is 1. The monoisotopic (exact) mass is 481 g/mol. The van der Waals surface area contributed by atoms with Crippen molar-refractivity contribution in [1.82, 2.24) is 15.0 Å². The van der Waals surface area contributed by atoms with E-state index in [2.05, 4.69) is 10.3 Å². The van der Waals surface area contributed by atoms with Crippen LogP contribution < -0.4 is 0 Å². The molecule has 1 aromatic heterocycles. The maximum absolute atomic E-state index is 13.6. The van der Waals surface area contributed by atoms with Crippen LogP contribution in [0.1, 0.15) is 11.6 Å². The van der Waals surface area contributed by atoms with Gasteiger partial charge in [0, 0.05) is 5.56 Å². The molecule has 5 unspecified atom stereocenters. The van der Waals surface area contributed by atoms with Crippen molar-refractivity contribution in [3.8, 4) is 11.3 Å². The number of aliphatic hydroxyl groups is 3. The molecule has 0 aliphatic carbocycles. The Labute approximate surface area is 191 Å². The average molecular weight is 481 g/mol. The fourth-order valence-corrected chi connectivity index (χ4v) is 4.88. The zero-order chi connectivity index (χ0) is 23.5. The minimum atomic E-state index is -1.59. The highest BCUT2D eigenvalue weighted by Crippen LogP contribution is 2.35. The molecule has 1 aliphatic rings. The molecule has 2 heterocycles. The number of halogens is 3. The Hall–Kier alpha value is -2.44. The van der Waals surface area contributed by atoms with Crippen molar-refractivity contribution in [1.29, 1.82) is 0 Å². The molecule has 1 saturated heterocycles. The molecule has 3 aromatic rings. The molecule has 0 amide bonds. The SMILES string of the molecule is OCC1OC(SCCc2ccccc2)C(O)C(n2cc(-c3cc(F)c(F)c(F)c3)nn2)C1O. The van der Waals surface area contributed by atoms with Crippen LogP contribution in [0.5, 0.6) is 0 Å². The highest BCUT2D eigenvalue weighted by atomic mass is 32.2. The molecule has 1 aliphatic heterocycles. The lowest BCUT2D eigenvalue weighted by atomic mass is 9.97. The molecule has 0 bridgehead atoms. The summed E-state index contributed by atoms with van der Waals surface area (Å²) in [5, 5.41) is 39.0. The topological polar surface area (TPSA) is 101 Å². The largest absolute Gasteiger partial charge is 0.394 e. The van der Waals surface area contributed by atoms with Crippen LogP contribution in [0.4, 0.5) is 13.2 Å². The Bertz CT molecular complexity index is 1060. The summed E-state index contributed by atoms with van der Waals surface area (Å²) in [6, 6.07) is 10.3. The second-order valence-electron chi connectivity index (χ2n) is 7.64. The van der Waals surface area contributed by atoms with Gasteiger partial charge in [-0.1, -0.05) is 35.5 Å². The van der Waals surface area contributed by atoms with E-state index in [4.69, 9.17) is 4.74 Å². The fourth-order valence-electron chi connectivity index (χ4n) is 3.71. The molecule has 7 nitrogen and oxygen atoms in total. The maximum atomic E-state index is 13.6. The minimum absolute atomic E-state index is 0.0209. The first-order valence-electron chi connectivity index (χ1n) is 10.2. The van der Waals surface area contributed by atoms with Gasteiger partial charge in [0.2, 0.25) is 0 Å². The van der Waals surface area contributed by atoms with Gasteiger partial charge in [-0.25, -0.2) is 17.9 Å². The van der Waals surface area contributed by atoms with E-state index in [1.165, 1.54) is 22.6 Å². The molecule has 11 heteroatoms. The zero-order valence-electron chi connectivity index (χ0n) is 17.3. The lowest BCUT2D eigenvalue weighted by molar-refractivity contribution is -0.178. The Morgan fingerprint density at radius 2 is 1.73 bits per heavy atom. The summed E-state index contributed by atoms with van der Waals surface area (Å²) >= 11 is 1.33. The number of hydrogen-bond donors (Lipinski definition) is 3. The Balaban J connectivity index is 1.53. The van der Waals surface area contributed by atoms with Crippen LogP contribution in [-0.4, -0.2) is 66.4 Å². The van der Waals surface area contributed by atoms with Crippen molar-refractivity contribution < 1.29 is 33.2 Å². The van der Waals surface area contributed by atoms with Crippen LogP contribution in [0, 0.1) is 17.5 Å². The van der Waals surface area contributed by atoms with E-state index in [1.807, 2.05) is 30.3 Å². The molecule has 5 atom stereocenters. The molecule has 4 rings (SSSR count). The van der Waals surface area contributed by atoms with Crippen molar-refractivity contribution >= 4 is 11.8 Å². The molecular weight excluding hydrogens is 459 g/mol. The molecular formula is C22H22F3N3O4S. The van der Waals surface area contributed by atoms with Crippen LogP contribution in [-0.2, 0) is 11.2 Å². The summed E-state index contributed by atoms with van der Waals surface area (Å²) in [6.07, 6.45) is -1.52. The molecule has 176 valence electrons. The van der Waals surface area contributed by atoms with Gasteiger partial charge in [0.1, 0.15) is 35.5 Å². The molecule has 0 spiro atoms. The highest BCUT2D eigenvalue weighted by molar-refractivity contribution is 7.99. The molecule has 2 aromatic carbocycles. The first kappa shape index (κ1) is 23.7. The normalized spacial score (nSPS) is 25.3. The summed E-state index contributed by atoms with van der Waals surface area (Å²) in [5.74, 6) is -3.73. The number of thioether (sulfide) groups is 1. The molecule has 1 fully saturated rings. The average Bonchev–Trinajstić information content (AvgIpc) is 3.29. The third kappa shape index (κ3) is 5.07.